The second kappa shape index (κ2) is 15.2. The summed E-state index contributed by atoms with van der Waals surface area (Å²) in [5.41, 5.74) is 9.03. The van der Waals surface area contributed by atoms with Crippen molar-refractivity contribution in [2.24, 2.45) is 23.7 Å². The lowest BCUT2D eigenvalue weighted by Gasteiger charge is -2.29. The maximum Gasteiger partial charge on any atom is 0.0998 e. The third-order valence-corrected chi connectivity index (χ3v) is 9.25. The van der Waals surface area contributed by atoms with Gasteiger partial charge in [0, 0.05) is 0 Å². The van der Waals surface area contributed by atoms with Gasteiger partial charge in [0.2, 0.25) is 0 Å². The van der Waals surface area contributed by atoms with Crippen molar-refractivity contribution in [3.8, 4) is 12.1 Å². The van der Waals surface area contributed by atoms with E-state index in [1.807, 2.05) is 42.5 Å². The van der Waals surface area contributed by atoms with Gasteiger partial charge in [-0.05, 0) is 96.2 Å². The predicted molar refractivity (Wildman–Crippen MR) is 189 cm³/mol. The summed E-state index contributed by atoms with van der Waals surface area (Å²) in [6, 6.07) is 27.4. The molecule has 0 N–H and O–H groups in total. The molecule has 45 heavy (non-hydrogen) atoms. The number of nitrogens with zero attached hydrogens (tertiary/aromatic N) is 2. The van der Waals surface area contributed by atoms with Crippen LogP contribution in [0.3, 0.4) is 0 Å². The highest BCUT2D eigenvalue weighted by molar-refractivity contribution is 5.76. The molecule has 0 heterocycles. The van der Waals surface area contributed by atoms with Crippen molar-refractivity contribution in [2.75, 3.05) is 0 Å². The molecule has 2 heteroatoms. The Morgan fingerprint density at radius 1 is 0.867 bits per heavy atom. The van der Waals surface area contributed by atoms with Gasteiger partial charge in [0.25, 0.3) is 0 Å². The first kappa shape index (κ1) is 31.5. The van der Waals surface area contributed by atoms with Crippen LogP contribution >= 0.6 is 0 Å². The summed E-state index contributed by atoms with van der Waals surface area (Å²) in [4.78, 5) is 0. The Labute approximate surface area is 269 Å². The van der Waals surface area contributed by atoms with Crippen LogP contribution < -0.4 is 0 Å². The van der Waals surface area contributed by atoms with Gasteiger partial charge in [-0.3, -0.25) is 0 Å². The molecule has 0 aromatic heterocycles. The molecule has 0 radical (unpaired) electrons. The molecule has 2 nitrogen and oxygen atoms in total. The molecule has 0 bridgehead atoms. The summed E-state index contributed by atoms with van der Waals surface area (Å²) >= 11 is 0. The number of hydrogen-bond donors (Lipinski definition) is 0. The quantitative estimate of drug-likeness (QED) is 0.222. The average Bonchev–Trinajstić information content (AvgIpc) is 3.06. The van der Waals surface area contributed by atoms with E-state index in [1.165, 1.54) is 17.5 Å². The van der Waals surface area contributed by atoms with E-state index in [1.54, 1.807) is 5.57 Å². The number of allylic oxidation sites excluding steroid dienone is 9. The average molecular weight is 587 g/mol. The Bertz CT molecular complexity index is 1750. The normalized spacial score (nSPS) is 20.1. The number of rotatable bonds is 10. The topological polar surface area (TPSA) is 47.6 Å². The second-order valence-electron chi connectivity index (χ2n) is 12.6. The zero-order valence-corrected chi connectivity index (χ0v) is 26.7. The molecule has 2 aliphatic rings. The van der Waals surface area contributed by atoms with Crippen LogP contribution in [0.4, 0.5) is 0 Å². The summed E-state index contributed by atoms with van der Waals surface area (Å²) < 4.78 is 0. The minimum absolute atomic E-state index is 0.420. The maximum atomic E-state index is 9.92. The third-order valence-electron chi connectivity index (χ3n) is 9.25. The van der Waals surface area contributed by atoms with Gasteiger partial charge in [-0.25, -0.2) is 0 Å². The van der Waals surface area contributed by atoms with Crippen LogP contribution in [-0.4, -0.2) is 0 Å². The van der Waals surface area contributed by atoms with Crippen molar-refractivity contribution >= 4 is 18.2 Å². The summed E-state index contributed by atoms with van der Waals surface area (Å²) in [6.45, 7) is 6.73. The van der Waals surface area contributed by atoms with Crippen molar-refractivity contribution in [1.82, 2.24) is 0 Å². The van der Waals surface area contributed by atoms with E-state index < -0.39 is 0 Å². The van der Waals surface area contributed by atoms with E-state index in [4.69, 9.17) is 0 Å². The first-order chi connectivity index (χ1) is 21.9. The molecular weight excluding hydrogens is 544 g/mol. The highest BCUT2D eigenvalue weighted by Crippen LogP contribution is 2.36. The lowest BCUT2D eigenvalue weighted by atomic mass is 9.76. The summed E-state index contributed by atoms with van der Waals surface area (Å²) in [6.07, 6.45) is 26.3. The van der Waals surface area contributed by atoms with E-state index in [-0.39, 0.29) is 0 Å². The number of nitriles is 2. The zero-order chi connectivity index (χ0) is 31.6. The minimum Gasteiger partial charge on any atom is -0.192 e. The van der Waals surface area contributed by atoms with Crippen LogP contribution in [0.1, 0.15) is 72.1 Å². The Morgan fingerprint density at radius 3 is 2.20 bits per heavy atom. The maximum absolute atomic E-state index is 9.92. The first-order valence-corrected chi connectivity index (χ1v) is 16.1. The van der Waals surface area contributed by atoms with Crippen molar-refractivity contribution in [1.29, 1.82) is 10.5 Å². The number of hydrogen-bond acceptors (Lipinski definition) is 2. The largest absolute Gasteiger partial charge is 0.192 e. The zero-order valence-electron chi connectivity index (χ0n) is 26.7. The molecule has 4 unspecified atom stereocenters. The predicted octanol–water partition coefficient (Wildman–Crippen LogP) is 10.8. The molecule has 5 rings (SSSR count). The van der Waals surface area contributed by atoms with Gasteiger partial charge < -0.3 is 0 Å². The summed E-state index contributed by atoms with van der Waals surface area (Å²) in [7, 11) is 0. The molecule has 0 saturated heterocycles. The van der Waals surface area contributed by atoms with Crippen molar-refractivity contribution in [3.05, 3.63) is 159 Å². The number of benzene rings is 3. The molecule has 0 fully saturated rings. The van der Waals surface area contributed by atoms with Crippen LogP contribution in [0.25, 0.3) is 18.2 Å². The molecule has 3 aromatic carbocycles. The lowest BCUT2D eigenvalue weighted by molar-refractivity contribution is 0.394. The monoisotopic (exact) mass is 586 g/mol. The van der Waals surface area contributed by atoms with Crippen molar-refractivity contribution < 1.29 is 0 Å². The molecule has 0 saturated carbocycles. The van der Waals surface area contributed by atoms with Gasteiger partial charge in [-0.15, -0.1) is 0 Å². The Kier molecular flexibility index (Phi) is 10.6. The smallest absolute Gasteiger partial charge is 0.0998 e. The van der Waals surface area contributed by atoms with E-state index >= 15 is 0 Å². The van der Waals surface area contributed by atoms with Gasteiger partial charge >= 0.3 is 0 Å². The van der Waals surface area contributed by atoms with Crippen LogP contribution in [0.15, 0.2) is 120 Å². The summed E-state index contributed by atoms with van der Waals surface area (Å²) in [5.74, 6) is 2.06. The van der Waals surface area contributed by atoms with Crippen molar-refractivity contribution in [2.45, 2.75) is 46.5 Å². The van der Waals surface area contributed by atoms with Crippen LogP contribution in [-0.2, 0) is 6.42 Å². The van der Waals surface area contributed by atoms with Gasteiger partial charge in [0.1, 0.15) is 0 Å². The fourth-order valence-corrected chi connectivity index (χ4v) is 6.49. The molecule has 0 spiro atoms. The Hall–Kier alpha value is -4.92. The van der Waals surface area contributed by atoms with Crippen LogP contribution in [0.2, 0.25) is 0 Å². The first-order valence-electron chi connectivity index (χ1n) is 16.1. The Morgan fingerprint density at radius 2 is 1.56 bits per heavy atom. The standard InChI is InChI=1S/C43H42N2/c1-31-13-15-34(16-14-31)17-21-38-27-42(30-45)39(28-41(38)29-44)22-19-36-18-20-37(33(3)25-36)23-24-40(26-35-10-5-4-6-11-35)43-12-8-7-9-32(43)2/h4-8,10-22,25,27-28,32-33,37,40H,9,23-24,26H2,1-3H3/b21-17+,22-19+. The van der Waals surface area contributed by atoms with Crippen LogP contribution in [0, 0.1) is 53.3 Å². The van der Waals surface area contributed by atoms with Crippen molar-refractivity contribution in [3.63, 3.8) is 0 Å². The summed E-state index contributed by atoms with van der Waals surface area (Å²) in [5, 5.41) is 19.8. The second-order valence-corrected chi connectivity index (χ2v) is 12.6. The SMILES string of the molecule is Cc1ccc(/C=C/c2cc(C#N)c(/C=C/C3=CC(C)C(CCC(Cc4ccccc4)C4=CC=CCC4C)C=C3)cc2C#N)cc1. The minimum atomic E-state index is 0.420. The molecule has 4 atom stereocenters. The highest BCUT2D eigenvalue weighted by atomic mass is 14.3. The highest BCUT2D eigenvalue weighted by Gasteiger charge is 2.24. The number of aryl methyl sites for hydroxylation is 1. The Balaban J connectivity index is 1.26. The molecule has 0 amide bonds. The van der Waals surface area contributed by atoms with Crippen LogP contribution in [0.5, 0.6) is 0 Å². The molecule has 2 aliphatic carbocycles. The van der Waals surface area contributed by atoms with Gasteiger partial charge in [0.05, 0.1) is 23.3 Å². The van der Waals surface area contributed by atoms with Gasteiger partial charge in [0.15, 0.2) is 0 Å². The van der Waals surface area contributed by atoms with E-state index in [0.29, 0.717) is 34.8 Å². The van der Waals surface area contributed by atoms with E-state index in [0.717, 1.165) is 41.5 Å². The van der Waals surface area contributed by atoms with Gasteiger partial charge in [-0.1, -0.05) is 140 Å². The lowest BCUT2D eigenvalue weighted by Crippen LogP contribution is -2.18. The van der Waals surface area contributed by atoms with Gasteiger partial charge in [-0.2, -0.15) is 10.5 Å². The molecule has 224 valence electrons. The third kappa shape index (κ3) is 8.38. The van der Waals surface area contributed by atoms with E-state index in [9.17, 15) is 10.5 Å². The van der Waals surface area contributed by atoms with E-state index in [2.05, 4.69) is 118 Å². The fourth-order valence-electron chi connectivity index (χ4n) is 6.49. The molecule has 3 aromatic rings. The fraction of sp³-hybridized carbons (Fsp3) is 0.256. The molecular formula is C43H42N2. The molecule has 0 aliphatic heterocycles.